The van der Waals surface area contributed by atoms with E-state index in [0.29, 0.717) is 6.42 Å². The Morgan fingerprint density at radius 1 is 1.30 bits per heavy atom. The Balaban J connectivity index is 1.28. The van der Waals surface area contributed by atoms with Crippen molar-refractivity contribution in [2.24, 2.45) is 0 Å². The molecule has 6 nitrogen and oxygen atoms in total. The molecule has 1 aromatic heterocycles. The fraction of sp³-hybridized carbons (Fsp3) is 0.609. The molecule has 2 heterocycles. The van der Waals surface area contributed by atoms with Crippen molar-refractivity contribution in [1.29, 1.82) is 0 Å². The van der Waals surface area contributed by atoms with Crippen LogP contribution in [0.4, 0.5) is 4.39 Å². The van der Waals surface area contributed by atoms with Gasteiger partial charge in [0.2, 0.25) is 5.91 Å². The van der Waals surface area contributed by atoms with Gasteiger partial charge in [0.05, 0.1) is 6.04 Å². The molecule has 1 aromatic carbocycles. The molecule has 0 bridgehead atoms. The van der Waals surface area contributed by atoms with Crippen LogP contribution in [0.2, 0.25) is 0 Å². The number of rotatable bonds is 7. The van der Waals surface area contributed by atoms with Gasteiger partial charge in [0.15, 0.2) is 0 Å². The lowest BCUT2D eigenvalue weighted by Crippen LogP contribution is -2.48. The Kier molecular flexibility index (Phi) is 6.46. The lowest BCUT2D eigenvalue weighted by Gasteiger charge is -2.39. The number of halogens is 1. The number of nitrogens with zero attached hydrogens (tertiary/aromatic N) is 4. The minimum atomic E-state index is -0.139. The molecule has 0 spiro atoms. The predicted molar refractivity (Wildman–Crippen MR) is 114 cm³/mol. The summed E-state index contributed by atoms with van der Waals surface area (Å²) < 4.78 is 15.6. The molecule has 1 unspecified atom stereocenters. The maximum atomic E-state index is 13.9. The van der Waals surface area contributed by atoms with Crippen LogP contribution in [0.15, 0.2) is 36.9 Å². The van der Waals surface area contributed by atoms with Gasteiger partial charge in [-0.2, -0.15) is 5.10 Å². The van der Waals surface area contributed by atoms with Crippen LogP contribution >= 0.6 is 0 Å². The number of amides is 1. The number of likely N-dealkylation sites (tertiary alicyclic amines) is 1. The highest BCUT2D eigenvalue weighted by molar-refractivity contribution is 5.76. The first-order valence-electron chi connectivity index (χ1n) is 11.2. The molecule has 2 fully saturated rings. The summed E-state index contributed by atoms with van der Waals surface area (Å²) in [4.78, 5) is 18.9. The fourth-order valence-corrected chi connectivity index (χ4v) is 5.17. The zero-order chi connectivity index (χ0) is 21.0. The molecule has 162 valence electrons. The topological polar surface area (TPSA) is 63.1 Å². The lowest BCUT2D eigenvalue weighted by molar-refractivity contribution is -0.122. The second-order valence-electron chi connectivity index (χ2n) is 9.04. The van der Waals surface area contributed by atoms with Gasteiger partial charge in [-0.15, -0.1) is 0 Å². The highest BCUT2D eigenvalue weighted by Gasteiger charge is 2.38. The first-order chi connectivity index (χ1) is 14.5. The van der Waals surface area contributed by atoms with Crippen LogP contribution in [0.3, 0.4) is 0 Å². The summed E-state index contributed by atoms with van der Waals surface area (Å²) in [7, 11) is 0. The quantitative estimate of drug-likeness (QED) is 0.755. The number of carbonyl (C=O) groups excluding carboxylic acids is 1. The number of hydrogen-bond donors (Lipinski definition) is 1. The first-order valence-corrected chi connectivity index (χ1v) is 11.2. The van der Waals surface area contributed by atoms with Crippen LogP contribution < -0.4 is 5.32 Å². The van der Waals surface area contributed by atoms with Crippen LogP contribution in [0.1, 0.15) is 63.5 Å². The number of piperidine rings is 1. The summed E-state index contributed by atoms with van der Waals surface area (Å²) in [5, 5.41) is 7.30. The number of hydrogen-bond acceptors (Lipinski definition) is 4. The average molecular weight is 414 g/mol. The van der Waals surface area contributed by atoms with Gasteiger partial charge in [-0.3, -0.25) is 4.79 Å². The molecule has 4 rings (SSSR count). The van der Waals surface area contributed by atoms with E-state index >= 15 is 0 Å². The Hall–Kier alpha value is -2.28. The van der Waals surface area contributed by atoms with E-state index in [-0.39, 0.29) is 29.2 Å². The minimum Gasteiger partial charge on any atom is -0.353 e. The normalized spacial score (nSPS) is 20.9. The standard InChI is InChI=1S/C23H32FN5O/c1-18(29-17-25-16-26-29)13-22(30)27-21-7-11-28(12-8-21)15-23(9-2-3-10-23)19-5-4-6-20(24)14-19/h4-6,14,16-18,21H,2-3,7-13,15H2,1H3,(H,27,30). The van der Waals surface area contributed by atoms with E-state index in [1.54, 1.807) is 17.1 Å². The summed E-state index contributed by atoms with van der Waals surface area (Å²) in [5.74, 6) is -0.0659. The number of benzene rings is 1. The first kappa shape index (κ1) is 21.0. The molecule has 7 heteroatoms. The summed E-state index contributed by atoms with van der Waals surface area (Å²) in [6.07, 6.45) is 10.2. The Morgan fingerprint density at radius 2 is 2.07 bits per heavy atom. The zero-order valence-electron chi connectivity index (χ0n) is 17.8. The molecule has 0 radical (unpaired) electrons. The summed E-state index contributed by atoms with van der Waals surface area (Å²) in [6.45, 7) is 4.91. The minimum absolute atomic E-state index is 0.00100. The lowest BCUT2D eigenvalue weighted by atomic mass is 9.78. The third-order valence-corrected chi connectivity index (χ3v) is 6.85. The van der Waals surface area contributed by atoms with Crippen molar-refractivity contribution in [3.8, 4) is 0 Å². The van der Waals surface area contributed by atoms with Crippen LogP contribution in [-0.2, 0) is 10.2 Å². The van der Waals surface area contributed by atoms with Crippen molar-refractivity contribution in [3.63, 3.8) is 0 Å². The van der Waals surface area contributed by atoms with Gasteiger partial charge in [-0.1, -0.05) is 25.0 Å². The molecule has 30 heavy (non-hydrogen) atoms. The molecule has 1 aliphatic carbocycles. The average Bonchev–Trinajstić information content (AvgIpc) is 3.42. The third-order valence-electron chi connectivity index (χ3n) is 6.85. The van der Waals surface area contributed by atoms with Crippen LogP contribution in [0.25, 0.3) is 0 Å². The molecular weight excluding hydrogens is 381 g/mol. The van der Waals surface area contributed by atoms with Crippen LogP contribution in [0.5, 0.6) is 0 Å². The Labute approximate surface area is 177 Å². The van der Waals surface area contributed by atoms with E-state index in [0.717, 1.165) is 50.9 Å². The fourth-order valence-electron chi connectivity index (χ4n) is 5.17. The van der Waals surface area contributed by atoms with Gasteiger partial charge in [0.25, 0.3) is 0 Å². The van der Waals surface area contributed by atoms with Gasteiger partial charge in [-0.05, 0) is 50.3 Å². The molecule has 1 saturated heterocycles. The predicted octanol–water partition coefficient (Wildman–Crippen LogP) is 3.46. The number of carbonyl (C=O) groups is 1. The SMILES string of the molecule is CC(CC(=O)NC1CCN(CC2(c3cccc(F)c3)CCCC2)CC1)n1cncn1. The van der Waals surface area contributed by atoms with Crippen molar-refractivity contribution in [2.45, 2.75) is 69.4 Å². The highest BCUT2D eigenvalue weighted by atomic mass is 19.1. The van der Waals surface area contributed by atoms with Gasteiger partial charge in [0, 0.05) is 37.5 Å². The molecule has 1 atom stereocenters. The van der Waals surface area contributed by atoms with Gasteiger partial charge in [0.1, 0.15) is 18.5 Å². The van der Waals surface area contributed by atoms with Crippen molar-refractivity contribution < 1.29 is 9.18 Å². The maximum absolute atomic E-state index is 13.9. The van der Waals surface area contributed by atoms with E-state index in [4.69, 9.17) is 0 Å². The summed E-state index contributed by atoms with van der Waals surface area (Å²) in [5.41, 5.74) is 1.23. The van der Waals surface area contributed by atoms with E-state index in [1.165, 1.54) is 25.2 Å². The maximum Gasteiger partial charge on any atom is 0.222 e. The van der Waals surface area contributed by atoms with Gasteiger partial charge in [-0.25, -0.2) is 14.1 Å². The smallest absolute Gasteiger partial charge is 0.222 e. The zero-order valence-corrected chi connectivity index (χ0v) is 17.8. The molecular formula is C23H32FN5O. The second kappa shape index (κ2) is 9.25. The number of aromatic nitrogens is 3. The van der Waals surface area contributed by atoms with E-state index in [2.05, 4.69) is 26.4 Å². The van der Waals surface area contributed by atoms with E-state index in [1.807, 2.05) is 13.0 Å². The van der Waals surface area contributed by atoms with Crippen LogP contribution in [-0.4, -0.2) is 51.2 Å². The van der Waals surface area contributed by atoms with E-state index in [9.17, 15) is 9.18 Å². The second-order valence-corrected chi connectivity index (χ2v) is 9.04. The molecule has 1 aliphatic heterocycles. The van der Waals surface area contributed by atoms with E-state index < -0.39 is 0 Å². The summed E-state index contributed by atoms with van der Waals surface area (Å²) >= 11 is 0. The molecule has 1 amide bonds. The highest BCUT2D eigenvalue weighted by Crippen LogP contribution is 2.42. The Morgan fingerprint density at radius 3 is 2.73 bits per heavy atom. The largest absolute Gasteiger partial charge is 0.353 e. The molecule has 2 aliphatic rings. The third kappa shape index (κ3) is 4.89. The van der Waals surface area contributed by atoms with Crippen molar-refractivity contribution in [3.05, 3.63) is 48.3 Å². The molecule has 2 aromatic rings. The van der Waals surface area contributed by atoms with Crippen LogP contribution in [0, 0.1) is 5.82 Å². The molecule has 1 N–H and O–H groups in total. The van der Waals surface area contributed by atoms with Crippen molar-refractivity contribution in [2.75, 3.05) is 19.6 Å². The number of nitrogens with one attached hydrogen (secondary N) is 1. The Bertz CT molecular complexity index is 826. The monoisotopic (exact) mass is 413 g/mol. The molecule has 1 saturated carbocycles. The van der Waals surface area contributed by atoms with Gasteiger partial charge < -0.3 is 10.2 Å². The van der Waals surface area contributed by atoms with Gasteiger partial charge >= 0.3 is 0 Å². The van der Waals surface area contributed by atoms with Crippen molar-refractivity contribution in [1.82, 2.24) is 25.0 Å². The summed E-state index contributed by atoms with van der Waals surface area (Å²) in [6, 6.07) is 7.43. The van der Waals surface area contributed by atoms with Crippen molar-refractivity contribution >= 4 is 5.91 Å².